The zero-order valence-corrected chi connectivity index (χ0v) is 8.04. The van der Waals surface area contributed by atoms with Crippen molar-refractivity contribution >= 4 is 17.0 Å². The minimum absolute atomic E-state index is 1.15. The third-order valence-corrected chi connectivity index (χ3v) is 2.29. The number of hydrogen-bond donors (Lipinski definition) is 1. The highest BCUT2D eigenvalue weighted by atomic mass is 14.7. The van der Waals surface area contributed by atoms with Gasteiger partial charge in [-0.15, -0.1) is 6.42 Å². The smallest absolute Gasteiger partial charge is 0.0462 e. The lowest BCUT2D eigenvalue weighted by Crippen LogP contribution is -1.72. The van der Waals surface area contributed by atoms with Crippen LogP contribution in [0.1, 0.15) is 11.3 Å². The first-order valence-corrected chi connectivity index (χ1v) is 4.53. The van der Waals surface area contributed by atoms with Gasteiger partial charge in [0, 0.05) is 22.2 Å². The van der Waals surface area contributed by atoms with E-state index in [1.54, 1.807) is 6.08 Å². The normalized spacial score (nSPS) is 10.9. The molecule has 0 aliphatic heterocycles. The number of allylic oxidation sites excluding steroid dienone is 1. The van der Waals surface area contributed by atoms with Crippen molar-refractivity contribution in [1.82, 2.24) is 4.98 Å². The van der Waals surface area contributed by atoms with Crippen LogP contribution in [0.15, 0.2) is 30.3 Å². The number of hydrogen-bond acceptors (Lipinski definition) is 0. The number of nitrogens with one attached hydrogen (secondary N) is 1. The van der Waals surface area contributed by atoms with Crippen LogP contribution >= 0.6 is 0 Å². The topological polar surface area (TPSA) is 15.8 Å². The summed E-state index contributed by atoms with van der Waals surface area (Å²) in [5.74, 6) is 2.50. The average molecular weight is 181 g/mol. The molecular formula is C13H11N. The van der Waals surface area contributed by atoms with Crippen LogP contribution in [-0.2, 0) is 0 Å². The molecule has 1 heterocycles. The summed E-state index contributed by atoms with van der Waals surface area (Å²) in [6.07, 6.45) is 8.88. The van der Waals surface area contributed by atoms with Gasteiger partial charge in [-0.1, -0.05) is 24.1 Å². The Kier molecular flexibility index (Phi) is 2.12. The second-order valence-corrected chi connectivity index (χ2v) is 3.21. The first kappa shape index (κ1) is 8.65. The van der Waals surface area contributed by atoms with Gasteiger partial charge in [0.2, 0.25) is 0 Å². The highest BCUT2D eigenvalue weighted by Gasteiger charge is 2.03. The van der Waals surface area contributed by atoms with Crippen molar-refractivity contribution in [3.8, 4) is 12.3 Å². The van der Waals surface area contributed by atoms with E-state index in [0.717, 1.165) is 11.2 Å². The summed E-state index contributed by atoms with van der Waals surface area (Å²) in [7, 11) is 0. The molecule has 0 amide bonds. The summed E-state index contributed by atoms with van der Waals surface area (Å²) in [5.41, 5.74) is 3.48. The largest absolute Gasteiger partial charge is 0.358 e. The number of rotatable bonds is 1. The molecular weight excluding hydrogens is 170 g/mol. The SMILES string of the molecule is C#C/C=C\c1c(C)[nH]c2ccccc12. The van der Waals surface area contributed by atoms with Gasteiger partial charge < -0.3 is 4.98 Å². The Balaban J connectivity index is 2.69. The van der Waals surface area contributed by atoms with E-state index in [1.165, 1.54) is 10.9 Å². The number of H-pyrrole nitrogens is 1. The zero-order valence-electron chi connectivity index (χ0n) is 8.04. The molecule has 1 aromatic heterocycles. The predicted molar refractivity (Wildman–Crippen MR) is 60.9 cm³/mol. The van der Waals surface area contributed by atoms with Crippen molar-refractivity contribution in [3.63, 3.8) is 0 Å². The first-order chi connectivity index (χ1) is 6.83. The fraction of sp³-hybridized carbons (Fsp3) is 0.0769. The van der Waals surface area contributed by atoms with Crippen molar-refractivity contribution < 1.29 is 0 Å². The molecule has 0 atom stereocenters. The molecule has 2 aromatic rings. The first-order valence-electron chi connectivity index (χ1n) is 4.53. The molecule has 1 nitrogen and oxygen atoms in total. The monoisotopic (exact) mass is 181 g/mol. The van der Waals surface area contributed by atoms with E-state index in [0.29, 0.717) is 0 Å². The summed E-state index contributed by atoms with van der Waals surface area (Å²) in [5, 5.41) is 1.22. The fourth-order valence-corrected chi connectivity index (χ4v) is 1.64. The summed E-state index contributed by atoms with van der Waals surface area (Å²) in [6.45, 7) is 2.05. The molecule has 0 aliphatic rings. The van der Waals surface area contributed by atoms with Gasteiger partial charge >= 0.3 is 0 Å². The molecule has 1 N–H and O–H groups in total. The van der Waals surface area contributed by atoms with Crippen LogP contribution in [0.3, 0.4) is 0 Å². The van der Waals surface area contributed by atoms with Crippen LogP contribution < -0.4 is 0 Å². The highest BCUT2D eigenvalue weighted by Crippen LogP contribution is 2.22. The molecule has 0 unspecified atom stereocenters. The number of aryl methyl sites for hydroxylation is 1. The van der Waals surface area contributed by atoms with Crippen LogP contribution in [0.2, 0.25) is 0 Å². The van der Waals surface area contributed by atoms with Crippen molar-refractivity contribution in [1.29, 1.82) is 0 Å². The molecule has 1 heteroatoms. The van der Waals surface area contributed by atoms with E-state index in [-0.39, 0.29) is 0 Å². The minimum Gasteiger partial charge on any atom is -0.358 e. The van der Waals surface area contributed by atoms with Gasteiger partial charge in [-0.25, -0.2) is 0 Å². The Morgan fingerprint density at radius 3 is 2.93 bits per heavy atom. The highest BCUT2D eigenvalue weighted by molar-refractivity contribution is 5.90. The maximum atomic E-state index is 5.19. The summed E-state index contributed by atoms with van der Waals surface area (Å²) >= 11 is 0. The van der Waals surface area contributed by atoms with Crippen LogP contribution in [0.4, 0.5) is 0 Å². The van der Waals surface area contributed by atoms with Gasteiger partial charge in [0.25, 0.3) is 0 Å². The van der Waals surface area contributed by atoms with Gasteiger partial charge in [-0.2, -0.15) is 0 Å². The third kappa shape index (κ3) is 1.31. The van der Waals surface area contributed by atoms with Crippen molar-refractivity contribution in [2.75, 3.05) is 0 Å². The van der Waals surface area contributed by atoms with E-state index < -0.39 is 0 Å². The van der Waals surface area contributed by atoms with Crippen molar-refractivity contribution in [2.45, 2.75) is 6.92 Å². The van der Waals surface area contributed by atoms with E-state index in [1.807, 2.05) is 18.2 Å². The molecule has 68 valence electrons. The van der Waals surface area contributed by atoms with E-state index in [4.69, 9.17) is 6.42 Å². The summed E-state index contributed by atoms with van der Waals surface area (Å²) in [4.78, 5) is 3.32. The maximum absolute atomic E-state index is 5.19. The molecule has 0 radical (unpaired) electrons. The number of aromatic amines is 1. The predicted octanol–water partition coefficient (Wildman–Crippen LogP) is 3.12. The molecule has 14 heavy (non-hydrogen) atoms. The lowest BCUT2D eigenvalue weighted by atomic mass is 10.1. The molecule has 0 fully saturated rings. The average Bonchev–Trinajstić information content (AvgIpc) is 2.51. The quantitative estimate of drug-likeness (QED) is 0.650. The molecule has 2 rings (SSSR count). The maximum Gasteiger partial charge on any atom is 0.0462 e. The molecule has 0 bridgehead atoms. The Morgan fingerprint density at radius 2 is 2.14 bits per heavy atom. The number of aromatic nitrogens is 1. The van der Waals surface area contributed by atoms with Gasteiger partial charge in [0.05, 0.1) is 0 Å². The zero-order chi connectivity index (χ0) is 9.97. The van der Waals surface area contributed by atoms with Gasteiger partial charge in [-0.05, 0) is 25.1 Å². The molecule has 1 aromatic carbocycles. The third-order valence-electron chi connectivity index (χ3n) is 2.29. The lowest BCUT2D eigenvalue weighted by molar-refractivity contribution is 1.29. The second kappa shape index (κ2) is 3.43. The summed E-state index contributed by atoms with van der Waals surface area (Å²) < 4.78 is 0. The standard InChI is InChI=1S/C13H11N/c1-3-4-7-11-10(2)14-13-9-6-5-8-12(11)13/h1,4-9,14H,2H3/b7-4-. The van der Waals surface area contributed by atoms with Gasteiger partial charge in [-0.3, -0.25) is 0 Å². The van der Waals surface area contributed by atoms with Crippen LogP contribution in [0.5, 0.6) is 0 Å². The second-order valence-electron chi connectivity index (χ2n) is 3.21. The van der Waals surface area contributed by atoms with E-state index in [9.17, 15) is 0 Å². The number of para-hydroxylation sites is 1. The Hall–Kier alpha value is -1.94. The number of fused-ring (bicyclic) bond motifs is 1. The Bertz CT molecular complexity index is 524. The Labute approximate surface area is 83.5 Å². The molecule has 0 spiro atoms. The molecule has 0 saturated heterocycles. The summed E-state index contributed by atoms with van der Waals surface area (Å²) in [6, 6.07) is 8.21. The fourth-order valence-electron chi connectivity index (χ4n) is 1.64. The van der Waals surface area contributed by atoms with Crippen molar-refractivity contribution in [3.05, 3.63) is 41.6 Å². The lowest BCUT2D eigenvalue weighted by Gasteiger charge is -1.90. The molecule has 0 saturated carbocycles. The minimum atomic E-state index is 1.15. The Morgan fingerprint density at radius 1 is 1.36 bits per heavy atom. The van der Waals surface area contributed by atoms with Gasteiger partial charge in [0.15, 0.2) is 0 Å². The van der Waals surface area contributed by atoms with Crippen LogP contribution in [-0.4, -0.2) is 4.98 Å². The molecule has 0 aliphatic carbocycles. The van der Waals surface area contributed by atoms with Crippen molar-refractivity contribution in [2.24, 2.45) is 0 Å². The van der Waals surface area contributed by atoms with Crippen LogP contribution in [0.25, 0.3) is 17.0 Å². The van der Waals surface area contributed by atoms with E-state index >= 15 is 0 Å². The van der Waals surface area contributed by atoms with E-state index in [2.05, 4.69) is 30.0 Å². The van der Waals surface area contributed by atoms with Crippen LogP contribution in [0, 0.1) is 19.3 Å². The van der Waals surface area contributed by atoms with Gasteiger partial charge in [0.1, 0.15) is 0 Å². The number of terminal acetylenes is 1. The number of benzene rings is 1.